The molecule has 0 aliphatic heterocycles. The van der Waals surface area contributed by atoms with Crippen LogP contribution < -0.4 is 4.31 Å². The number of phenolic OH excluding ortho intramolecular Hbond substituents is 1. The summed E-state index contributed by atoms with van der Waals surface area (Å²) in [6, 6.07) is 11.7. The highest BCUT2D eigenvalue weighted by Gasteiger charge is 2.16. The minimum Gasteiger partial charge on any atom is -0.507 e. The van der Waals surface area contributed by atoms with Gasteiger partial charge < -0.3 is 9.84 Å². The van der Waals surface area contributed by atoms with Gasteiger partial charge in [0.25, 0.3) is 0 Å². The van der Waals surface area contributed by atoms with Gasteiger partial charge >= 0.3 is 5.97 Å². The van der Waals surface area contributed by atoms with Gasteiger partial charge in [-0.1, -0.05) is 12.1 Å². The summed E-state index contributed by atoms with van der Waals surface area (Å²) in [5, 5.41) is 9.57. The smallest absolute Gasteiger partial charge is 0.342 e. The number of ether oxygens (including phenoxy) is 1. The van der Waals surface area contributed by atoms with Gasteiger partial charge in [-0.05, 0) is 36.4 Å². The number of carbonyl (C=O) groups excluding carboxylic acids is 2. The molecule has 2 aromatic rings. The number of rotatable bonds is 6. The lowest BCUT2D eigenvalue weighted by molar-refractivity contribution is 0.0472. The number of ketones is 1. The molecule has 0 saturated heterocycles. The van der Waals surface area contributed by atoms with E-state index in [-0.39, 0.29) is 16.9 Å². The number of hydrogen-bond acceptors (Lipinski definition) is 6. The number of carbonyl (C=O) groups is 2. The van der Waals surface area contributed by atoms with Crippen molar-refractivity contribution in [1.29, 1.82) is 0 Å². The Kier molecular flexibility index (Phi) is 5.43. The van der Waals surface area contributed by atoms with E-state index in [0.717, 1.165) is 10.6 Å². The third-order valence-corrected chi connectivity index (χ3v) is 4.71. The molecule has 0 amide bonds. The van der Waals surface area contributed by atoms with Crippen molar-refractivity contribution in [1.82, 2.24) is 0 Å². The van der Waals surface area contributed by atoms with Crippen molar-refractivity contribution >= 4 is 27.5 Å². The molecule has 0 spiro atoms. The van der Waals surface area contributed by atoms with E-state index in [2.05, 4.69) is 0 Å². The second kappa shape index (κ2) is 7.35. The van der Waals surface area contributed by atoms with Crippen LogP contribution in [-0.4, -0.2) is 45.2 Å². The average molecular weight is 363 g/mol. The molecule has 8 heteroatoms. The maximum Gasteiger partial charge on any atom is 0.342 e. The van der Waals surface area contributed by atoms with Gasteiger partial charge in [0, 0.05) is 12.6 Å². The zero-order valence-corrected chi connectivity index (χ0v) is 14.5. The standard InChI is InChI=1S/C17H17NO6S/c1-18(25(2,22)23)13-9-7-12(8-10-13)16(20)11-24-17(21)14-5-3-4-6-15(14)19/h3-10,19H,11H2,1-2H3. The van der Waals surface area contributed by atoms with Crippen LogP contribution in [0.4, 0.5) is 5.69 Å². The van der Waals surface area contributed by atoms with Crippen LogP contribution >= 0.6 is 0 Å². The quantitative estimate of drug-likeness (QED) is 0.621. The van der Waals surface area contributed by atoms with Crippen molar-refractivity contribution in [3.05, 3.63) is 59.7 Å². The lowest BCUT2D eigenvalue weighted by atomic mass is 10.1. The van der Waals surface area contributed by atoms with E-state index < -0.39 is 28.4 Å². The van der Waals surface area contributed by atoms with Crippen LogP contribution in [0.3, 0.4) is 0 Å². The van der Waals surface area contributed by atoms with E-state index in [4.69, 9.17) is 4.74 Å². The molecule has 0 heterocycles. The Balaban J connectivity index is 2.02. The Morgan fingerprint density at radius 3 is 2.24 bits per heavy atom. The number of para-hydroxylation sites is 1. The second-order valence-corrected chi connectivity index (χ2v) is 7.31. The van der Waals surface area contributed by atoms with Crippen LogP contribution in [0.1, 0.15) is 20.7 Å². The SMILES string of the molecule is CN(c1ccc(C(=O)COC(=O)c2ccccc2O)cc1)S(C)(=O)=O. The predicted molar refractivity (Wildman–Crippen MR) is 92.4 cm³/mol. The molecule has 7 nitrogen and oxygen atoms in total. The molecule has 2 aromatic carbocycles. The summed E-state index contributed by atoms with van der Waals surface area (Å²) in [5.41, 5.74) is 0.654. The average Bonchev–Trinajstić information content (AvgIpc) is 2.58. The molecule has 132 valence electrons. The fraction of sp³-hybridized carbons (Fsp3) is 0.176. The van der Waals surface area contributed by atoms with Gasteiger partial charge in [0.1, 0.15) is 11.3 Å². The van der Waals surface area contributed by atoms with Crippen molar-refractivity contribution in [3.8, 4) is 5.75 Å². The first-order chi connectivity index (χ1) is 11.7. The van der Waals surface area contributed by atoms with Gasteiger partial charge in [-0.2, -0.15) is 0 Å². The summed E-state index contributed by atoms with van der Waals surface area (Å²) in [5.74, 6) is -1.48. The van der Waals surface area contributed by atoms with E-state index in [1.807, 2.05) is 0 Å². The second-order valence-electron chi connectivity index (χ2n) is 5.29. The Morgan fingerprint density at radius 1 is 1.08 bits per heavy atom. The first kappa shape index (κ1) is 18.5. The highest BCUT2D eigenvalue weighted by Crippen LogP contribution is 2.18. The maximum atomic E-state index is 12.1. The molecule has 0 bridgehead atoms. The molecule has 0 unspecified atom stereocenters. The number of esters is 1. The van der Waals surface area contributed by atoms with Gasteiger partial charge in [-0.25, -0.2) is 13.2 Å². The van der Waals surface area contributed by atoms with Gasteiger partial charge in [0.15, 0.2) is 12.4 Å². The molecule has 0 radical (unpaired) electrons. The van der Waals surface area contributed by atoms with Crippen LogP contribution in [0.2, 0.25) is 0 Å². The van der Waals surface area contributed by atoms with Gasteiger partial charge in [0.05, 0.1) is 11.9 Å². The fourth-order valence-electron chi connectivity index (χ4n) is 1.99. The minimum absolute atomic E-state index is 0.0274. The molecule has 0 atom stereocenters. The molecular weight excluding hydrogens is 346 g/mol. The van der Waals surface area contributed by atoms with Crippen LogP contribution in [0.5, 0.6) is 5.75 Å². The zero-order valence-electron chi connectivity index (χ0n) is 13.7. The number of sulfonamides is 1. The highest BCUT2D eigenvalue weighted by molar-refractivity contribution is 7.92. The van der Waals surface area contributed by atoms with Crippen molar-refractivity contribution < 1.29 is 27.9 Å². The lowest BCUT2D eigenvalue weighted by Crippen LogP contribution is -2.24. The van der Waals surface area contributed by atoms with Crippen molar-refractivity contribution in [2.75, 3.05) is 24.2 Å². The first-order valence-corrected chi connectivity index (χ1v) is 9.07. The van der Waals surface area contributed by atoms with E-state index in [1.165, 1.54) is 43.4 Å². The molecule has 2 rings (SSSR count). The largest absolute Gasteiger partial charge is 0.507 e. The summed E-state index contributed by atoms with van der Waals surface area (Å²) in [4.78, 5) is 23.9. The zero-order chi connectivity index (χ0) is 18.6. The molecular formula is C17H17NO6S. The molecule has 0 fully saturated rings. The van der Waals surface area contributed by atoms with Crippen LogP contribution in [-0.2, 0) is 14.8 Å². The summed E-state index contributed by atoms with van der Waals surface area (Å²) in [6.07, 6.45) is 1.07. The number of Topliss-reactive ketones (excluding diaryl/α,β-unsaturated/α-hetero) is 1. The number of aromatic hydroxyl groups is 1. The van der Waals surface area contributed by atoms with Crippen molar-refractivity contribution in [3.63, 3.8) is 0 Å². The van der Waals surface area contributed by atoms with Crippen LogP contribution in [0.15, 0.2) is 48.5 Å². The Labute approximate surface area is 145 Å². The first-order valence-electron chi connectivity index (χ1n) is 7.22. The number of phenols is 1. The molecule has 0 aliphatic carbocycles. The van der Waals surface area contributed by atoms with Crippen molar-refractivity contribution in [2.45, 2.75) is 0 Å². The Morgan fingerprint density at radius 2 is 1.68 bits per heavy atom. The van der Waals surface area contributed by atoms with Gasteiger partial charge in [0.2, 0.25) is 10.0 Å². The lowest BCUT2D eigenvalue weighted by Gasteiger charge is -2.16. The highest BCUT2D eigenvalue weighted by atomic mass is 32.2. The summed E-state index contributed by atoms with van der Waals surface area (Å²) in [7, 11) is -1.99. The molecule has 25 heavy (non-hydrogen) atoms. The van der Waals surface area contributed by atoms with Crippen molar-refractivity contribution in [2.24, 2.45) is 0 Å². The Hall–Kier alpha value is -2.87. The van der Waals surface area contributed by atoms with Crippen LogP contribution in [0.25, 0.3) is 0 Å². The molecule has 0 saturated carbocycles. The minimum atomic E-state index is -3.39. The summed E-state index contributed by atoms with van der Waals surface area (Å²) in [6.45, 7) is -0.492. The summed E-state index contributed by atoms with van der Waals surface area (Å²) >= 11 is 0. The molecule has 0 aliphatic rings. The van der Waals surface area contributed by atoms with E-state index >= 15 is 0 Å². The van der Waals surface area contributed by atoms with Gasteiger partial charge in [-0.15, -0.1) is 0 Å². The molecule has 1 N–H and O–H groups in total. The number of nitrogens with zero attached hydrogens (tertiary/aromatic N) is 1. The third kappa shape index (κ3) is 4.57. The van der Waals surface area contributed by atoms with Gasteiger partial charge in [-0.3, -0.25) is 9.10 Å². The Bertz CT molecular complexity index is 890. The predicted octanol–water partition coefficient (Wildman–Crippen LogP) is 1.83. The third-order valence-electron chi connectivity index (χ3n) is 3.51. The normalized spacial score (nSPS) is 11.0. The number of benzene rings is 2. The topological polar surface area (TPSA) is 101 Å². The fourth-order valence-corrected chi connectivity index (χ4v) is 2.49. The monoisotopic (exact) mass is 363 g/mol. The molecule has 0 aromatic heterocycles. The van der Waals surface area contributed by atoms with E-state index in [0.29, 0.717) is 5.69 Å². The number of hydrogen-bond donors (Lipinski definition) is 1. The van der Waals surface area contributed by atoms with E-state index in [1.54, 1.807) is 12.1 Å². The maximum absolute atomic E-state index is 12.1. The van der Waals surface area contributed by atoms with Crippen LogP contribution in [0, 0.1) is 0 Å². The number of anilines is 1. The summed E-state index contributed by atoms with van der Waals surface area (Å²) < 4.78 is 28.9. The van der Waals surface area contributed by atoms with E-state index in [9.17, 15) is 23.1 Å².